The largest absolute Gasteiger partial charge is 0.508 e. The molecule has 1 aromatic rings. The van der Waals surface area contributed by atoms with Crippen LogP contribution >= 0.6 is 11.6 Å². The van der Waals surface area contributed by atoms with Crippen LogP contribution in [0.5, 0.6) is 11.5 Å². The third kappa shape index (κ3) is 1.95. The van der Waals surface area contributed by atoms with Crippen LogP contribution in [0.25, 0.3) is 0 Å². The van der Waals surface area contributed by atoms with Crippen LogP contribution in [-0.2, 0) is 4.79 Å². The second-order valence-corrected chi connectivity index (χ2v) is 5.53. The number of phenolic OH excluding ortho intramolecular Hbond substituents is 1. The number of carbonyl (C=O) groups excluding carboxylic acids is 1. The molecule has 1 aromatic carbocycles. The van der Waals surface area contributed by atoms with E-state index in [1.54, 1.807) is 6.92 Å². The van der Waals surface area contributed by atoms with Crippen LogP contribution in [0.4, 0.5) is 0 Å². The van der Waals surface area contributed by atoms with Gasteiger partial charge in [-0.25, -0.2) is 4.79 Å². The lowest BCUT2D eigenvalue weighted by atomic mass is 9.80. The highest BCUT2D eigenvalue weighted by Crippen LogP contribution is 2.46. The Balaban J connectivity index is 2.22. The quantitative estimate of drug-likeness (QED) is 0.733. The van der Waals surface area contributed by atoms with Crippen LogP contribution in [0.1, 0.15) is 15.9 Å². The number of phenols is 1. The van der Waals surface area contributed by atoms with E-state index >= 15 is 0 Å². The summed E-state index contributed by atoms with van der Waals surface area (Å²) in [7, 11) is 0. The topological polar surface area (TPSA) is 104 Å². The number of carboxylic acid groups (broad SMARTS) is 1. The Morgan fingerprint density at radius 3 is 2.68 bits per heavy atom. The summed E-state index contributed by atoms with van der Waals surface area (Å²) >= 11 is 6.11. The van der Waals surface area contributed by atoms with E-state index in [0.29, 0.717) is 5.56 Å². The number of aliphatic hydroxyl groups is 1. The van der Waals surface area contributed by atoms with Gasteiger partial charge in [0.25, 0.3) is 0 Å². The summed E-state index contributed by atoms with van der Waals surface area (Å²) in [6, 6.07) is 1.32. The van der Waals surface area contributed by atoms with Crippen molar-refractivity contribution in [2.24, 2.45) is 5.92 Å². The van der Waals surface area contributed by atoms with Crippen molar-refractivity contribution in [1.29, 1.82) is 0 Å². The molecule has 3 rings (SSSR count). The summed E-state index contributed by atoms with van der Waals surface area (Å²) in [5, 5.41) is 29.0. The maximum atomic E-state index is 12.6. The van der Waals surface area contributed by atoms with E-state index in [9.17, 15) is 24.9 Å². The first-order valence-electron chi connectivity index (χ1n) is 6.40. The minimum Gasteiger partial charge on any atom is -0.508 e. The Bertz CT molecular complexity index is 777. The smallest absolute Gasteiger partial charge is 0.332 e. The number of aliphatic carboxylic acids is 1. The summed E-state index contributed by atoms with van der Waals surface area (Å²) in [5.74, 6) is -3.71. The van der Waals surface area contributed by atoms with E-state index in [0.717, 1.165) is 6.08 Å². The SMILES string of the molecule is Cc1cc(O)c2c(c1Cl)OC1C=C(O)C=C(C(=O)O)C1C2=O. The van der Waals surface area contributed by atoms with Crippen LogP contribution < -0.4 is 4.74 Å². The Hall–Kier alpha value is -2.47. The summed E-state index contributed by atoms with van der Waals surface area (Å²) in [6.07, 6.45) is 1.26. The van der Waals surface area contributed by atoms with Crippen molar-refractivity contribution in [3.8, 4) is 11.5 Å². The Labute approximate surface area is 129 Å². The zero-order valence-electron chi connectivity index (χ0n) is 11.3. The fourth-order valence-electron chi connectivity index (χ4n) is 2.71. The molecule has 6 nitrogen and oxygen atoms in total. The highest BCUT2D eigenvalue weighted by molar-refractivity contribution is 6.34. The average Bonchev–Trinajstić information content (AvgIpc) is 2.43. The van der Waals surface area contributed by atoms with Gasteiger partial charge in [0.1, 0.15) is 23.2 Å². The molecule has 1 aliphatic carbocycles. The van der Waals surface area contributed by atoms with Gasteiger partial charge in [-0.3, -0.25) is 4.79 Å². The molecule has 0 amide bonds. The minimum absolute atomic E-state index is 0.00102. The van der Waals surface area contributed by atoms with E-state index < -0.39 is 23.8 Å². The van der Waals surface area contributed by atoms with Crippen LogP contribution in [0.3, 0.4) is 0 Å². The fourth-order valence-corrected chi connectivity index (χ4v) is 2.91. The van der Waals surface area contributed by atoms with Crippen molar-refractivity contribution >= 4 is 23.4 Å². The zero-order valence-corrected chi connectivity index (χ0v) is 12.1. The summed E-state index contributed by atoms with van der Waals surface area (Å²) < 4.78 is 5.60. The molecule has 0 saturated heterocycles. The first-order chi connectivity index (χ1) is 10.3. The molecule has 0 bridgehead atoms. The zero-order chi connectivity index (χ0) is 16.2. The number of fused-ring (bicyclic) bond motifs is 2. The second-order valence-electron chi connectivity index (χ2n) is 5.15. The number of carboxylic acids is 1. The van der Waals surface area contributed by atoms with Crippen molar-refractivity contribution in [2.75, 3.05) is 0 Å². The van der Waals surface area contributed by atoms with Gasteiger partial charge in [0.2, 0.25) is 0 Å². The first-order valence-corrected chi connectivity index (χ1v) is 6.77. The first kappa shape index (κ1) is 14.5. The monoisotopic (exact) mass is 322 g/mol. The lowest BCUT2D eigenvalue weighted by molar-refractivity contribution is -0.133. The fraction of sp³-hybridized carbons (Fsp3) is 0.200. The van der Waals surface area contributed by atoms with Gasteiger partial charge in [0.15, 0.2) is 11.5 Å². The molecule has 2 unspecified atom stereocenters. The third-order valence-electron chi connectivity index (χ3n) is 3.71. The van der Waals surface area contributed by atoms with E-state index in [1.165, 1.54) is 12.1 Å². The van der Waals surface area contributed by atoms with Gasteiger partial charge in [-0.2, -0.15) is 0 Å². The van der Waals surface area contributed by atoms with E-state index in [2.05, 4.69) is 0 Å². The predicted octanol–water partition coefficient (Wildman–Crippen LogP) is 2.38. The normalized spacial score (nSPS) is 22.9. The Kier molecular flexibility index (Phi) is 3.14. The van der Waals surface area contributed by atoms with E-state index in [4.69, 9.17) is 16.3 Å². The standard InChI is InChI=1S/C15H11ClO6/c1-5-2-8(18)11-13(19)10-7(15(20)21)3-6(17)4-9(10)22-14(11)12(5)16/h2-4,9-10,17-18H,1H3,(H,20,21). The van der Waals surface area contributed by atoms with Crippen LogP contribution in [0.15, 0.2) is 29.6 Å². The van der Waals surface area contributed by atoms with E-state index in [1.807, 2.05) is 0 Å². The molecule has 2 atom stereocenters. The van der Waals surface area contributed by atoms with Gasteiger partial charge in [-0.1, -0.05) is 11.6 Å². The van der Waals surface area contributed by atoms with Gasteiger partial charge in [0.05, 0.1) is 16.5 Å². The molecule has 22 heavy (non-hydrogen) atoms. The number of rotatable bonds is 1. The van der Waals surface area contributed by atoms with E-state index in [-0.39, 0.29) is 33.4 Å². The molecular formula is C15H11ClO6. The molecule has 0 saturated carbocycles. The molecule has 2 aliphatic rings. The van der Waals surface area contributed by atoms with Crippen molar-refractivity contribution in [3.05, 3.63) is 45.7 Å². The molecule has 1 heterocycles. The van der Waals surface area contributed by atoms with Gasteiger partial charge in [-0.15, -0.1) is 0 Å². The number of hydrogen-bond acceptors (Lipinski definition) is 5. The lowest BCUT2D eigenvalue weighted by Gasteiger charge is -2.34. The molecular weight excluding hydrogens is 312 g/mol. The second kappa shape index (κ2) is 4.78. The van der Waals surface area contributed by atoms with Crippen LogP contribution in [0, 0.1) is 12.8 Å². The summed E-state index contributed by atoms with van der Waals surface area (Å²) in [4.78, 5) is 24.0. The van der Waals surface area contributed by atoms with Gasteiger partial charge < -0.3 is 20.1 Å². The number of Topliss-reactive ketones (excluding diaryl/α,β-unsaturated/α-hetero) is 1. The number of halogens is 1. The minimum atomic E-state index is -1.34. The highest BCUT2D eigenvalue weighted by atomic mass is 35.5. The molecule has 0 spiro atoms. The molecule has 0 radical (unpaired) electrons. The number of aliphatic hydroxyl groups excluding tert-OH is 1. The molecule has 114 valence electrons. The van der Waals surface area contributed by atoms with Gasteiger partial charge in [0, 0.05) is 0 Å². The number of aryl methyl sites for hydroxylation is 1. The number of hydrogen-bond donors (Lipinski definition) is 3. The average molecular weight is 323 g/mol. The van der Waals surface area contributed by atoms with Crippen LogP contribution in [-0.4, -0.2) is 33.2 Å². The maximum Gasteiger partial charge on any atom is 0.332 e. The molecule has 1 aliphatic heterocycles. The molecule has 3 N–H and O–H groups in total. The van der Waals surface area contributed by atoms with Gasteiger partial charge in [-0.05, 0) is 30.7 Å². The number of ketones is 1. The molecule has 7 heteroatoms. The van der Waals surface area contributed by atoms with Crippen molar-refractivity contribution < 1.29 is 29.6 Å². The highest BCUT2D eigenvalue weighted by Gasteiger charge is 2.45. The molecule has 0 fully saturated rings. The van der Waals surface area contributed by atoms with Crippen LogP contribution in [0.2, 0.25) is 5.02 Å². The Morgan fingerprint density at radius 1 is 1.36 bits per heavy atom. The predicted molar refractivity (Wildman–Crippen MR) is 76.5 cm³/mol. The van der Waals surface area contributed by atoms with Crippen molar-refractivity contribution in [3.63, 3.8) is 0 Å². The van der Waals surface area contributed by atoms with Crippen molar-refractivity contribution in [1.82, 2.24) is 0 Å². The maximum absolute atomic E-state index is 12.6. The summed E-state index contributed by atoms with van der Waals surface area (Å²) in [5.41, 5.74) is 0.0812. The van der Waals surface area contributed by atoms with Crippen molar-refractivity contribution in [2.45, 2.75) is 13.0 Å². The number of ether oxygens (including phenoxy) is 1. The van der Waals surface area contributed by atoms with Gasteiger partial charge >= 0.3 is 5.97 Å². The lowest BCUT2D eigenvalue weighted by Crippen LogP contribution is -2.41. The third-order valence-corrected chi connectivity index (χ3v) is 4.18. The summed E-state index contributed by atoms with van der Waals surface area (Å²) in [6.45, 7) is 1.64. The number of benzene rings is 1. The Morgan fingerprint density at radius 2 is 2.05 bits per heavy atom. The number of carbonyl (C=O) groups is 2. The number of allylic oxidation sites excluding steroid dienone is 1. The molecule has 0 aromatic heterocycles. The number of aromatic hydroxyl groups is 1.